The molecule has 0 amide bonds. The summed E-state index contributed by atoms with van der Waals surface area (Å²) in [4.78, 5) is 14.8. The molecule has 0 fully saturated rings. The van der Waals surface area contributed by atoms with Gasteiger partial charge < -0.3 is 10.4 Å². The summed E-state index contributed by atoms with van der Waals surface area (Å²) in [6, 6.07) is 11.6. The number of carbonyl (C=O) groups is 1. The zero-order chi connectivity index (χ0) is 13.8. The van der Waals surface area contributed by atoms with Crippen LogP contribution in [0.3, 0.4) is 0 Å². The number of hydrogen-bond donors (Lipinski definition) is 2. The molecule has 0 saturated carbocycles. The Kier molecular flexibility index (Phi) is 3.80. The van der Waals surface area contributed by atoms with Crippen LogP contribution in [0.5, 0.6) is 0 Å². The van der Waals surface area contributed by atoms with Crippen LogP contribution < -0.4 is 5.32 Å². The lowest BCUT2D eigenvalue weighted by molar-refractivity contribution is 0.0696. The molecule has 19 heavy (non-hydrogen) atoms. The molecule has 1 aromatic heterocycles. The van der Waals surface area contributed by atoms with Gasteiger partial charge in [0.05, 0.1) is 5.56 Å². The van der Waals surface area contributed by atoms with Crippen molar-refractivity contribution >= 4 is 11.8 Å². The van der Waals surface area contributed by atoms with E-state index in [4.69, 9.17) is 5.11 Å². The molecule has 4 nitrogen and oxygen atoms in total. The number of rotatable bonds is 4. The zero-order valence-corrected chi connectivity index (χ0v) is 10.9. The fraction of sp³-hybridized carbons (Fsp3) is 0.200. The molecule has 1 unspecified atom stereocenters. The number of carboxylic acids is 1. The van der Waals surface area contributed by atoms with E-state index in [9.17, 15) is 4.79 Å². The van der Waals surface area contributed by atoms with Crippen molar-refractivity contribution in [2.75, 3.05) is 5.32 Å². The molecule has 2 rings (SSSR count). The molecule has 0 aliphatic heterocycles. The Morgan fingerprint density at radius 3 is 2.42 bits per heavy atom. The fourth-order valence-electron chi connectivity index (χ4n) is 1.77. The lowest BCUT2D eigenvalue weighted by Crippen LogP contribution is -2.08. The van der Waals surface area contributed by atoms with Gasteiger partial charge in [-0.3, -0.25) is 0 Å². The average molecular weight is 256 g/mol. The Bertz CT molecular complexity index is 562. The molecular formula is C15H16N2O2. The summed E-state index contributed by atoms with van der Waals surface area (Å²) in [6.45, 7) is 4.09. The molecule has 2 aromatic rings. The Hall–Kier alpha value is -2.36. The Balaban J connectivity index is 2.08. The highest BCUT2D eigenvalue weighted by Crippen LogP contribution is 2.18. The average Bonchev–Trinajstić information content (AvgIpc) is 2.40. The number of nitrogens with one attached hydrogen (secondary N) is 1. The normalized spacial score (nSPS) is 11.9. The van der Waals surface area contributed by atoms with Crippen molar-refractivity contribution < 1.29 is 9.90 Å². The van der Waals surface area contributed by atoms with Crippen LogP contribution in [0.25, 0.3) is 0 Å². The first-order valence-corrected chi connectivity index (χ1v) is 6.08. The summed E-state index contributed by atoms with van der Waals surface area (Å²) in [6.07, 6.45) is 1.35. The van der Waals surface area contributed by atoms with Crippen LogP contribution in [-0.2, 0) is 0 Å². The third-order valence-corrected chi connectivity index (χ3v) is 2.95. The van der Waals surface area contributed by atoms with Crippen molar-refractivity contribution in [3.05, 3.63) is 59.3 Å². The minimum absolute atomic E-state index is 0.115. The highest BCUT2D eigenvalue weighted by Gasteiger charge is 2.07. The first-order chi connectivity index (χ1) is 9.06. The molecule has 0 aliphatic rings. The SMILES string of the molecule is Cc1ccc(C(C)Nc2ccc(C(=O)O)cn2)cc1. The fourth-order valence-corrected chi connectivity index (χ4v) is 1.77. The Morgan fingerprint density at radius 2 is 1.89 bits per heavy atom. The maximum absolute atomic E-state index is 10.7. The van der Waals surface area contributed by atoms with E-state index in [0.717, 1.165) is 5.56 Å². The third-order valence-electron chi connectivity index (χ3n) is 2.95. The highest BCUT2D eigenvalue weighted by molar-refractivity contribution is 5.87. The van der Waals surface area contributed by atoms with E-state index in [2.05, 4.69) is 34.6 Å². The number of aromatic nitrogens is 1. The van der Waals surface area contributed by atoms with Crippen LogP contribution in [-0.4, -0.2) is 16.1 Å². The molecular weight excluding hydrogens is 240 g/mol. The van der Waals surface area contributed by atoms with E-state index in [-0.39, 0.29) is 11.6 Å². The molecule has 0 bridgehead atoms. The molecule has 98 valence electrons. The van der Waals surface area contributed by atoms with Crippen molar-refractivity contribution in [1.29, 1.82) is 0 Å². The van der Waals surface area contributed by atoms with Crippen molar-refractivity contribution in [3.63, 3.8) is 0 Å². The van der Waals surface area contributed by atoms with Gasteiger partial charge >= 0.3 is 5.97 Å². The number of benzene rings is 1. The topological polar surface area (TPSA) is 62.2 Å². The minimum atomic E-state index is -0.967. The van der Waals surface area contributed by atoms with Gasteiger partial charge in [-0.05, 0) is 31.5 Å². The van der Waals surface area contributed by atoms with Gasteiger partial charge in [0.15, 0.2) is 0 Å². The summed E-state index contributed by atoms with van der Waals surface area (Å²) >= 11 is 0. The van der Waals surface area contributed by atoms with Crippen LogP contribution in [0.1, 0.15) is 34.5 Å². The Labute approximate surface area is 112 Å². The monoisotopic (exact) mass is 256 g/mol. The quantitative estimate of drug-likeness (QED) is 0.881. The first-order valence-electron chi connectivity index (χ1n) is 6.08. The van der Waals surface area contributed by atoms with E-state index in [1.54, 1.807) is 12.1 Å². The predicted octanol–water partition coefficient (Wildman–Crippen LogP) is 3.26. The summed E-state index contributed by atoms with van der Waals surface area (Å²) in [5.41, 5.74) is 2.57. The summed E-state index contributed by atoms with van der Waals surface area (Å²) in [5, 5.41) is 12.0. The second-order valence-electron chi connectivity index (χ2n) is 4.51. The van der Waals surface area contributed by atoms with E-state index in [1.165, 1.54) is 11.8 Å². The van der Waals surface area contributed by atoms with Gasteiger partial charge in [0.25, 0.3) is 0 Å². The number of aryl methyl sites for hydroxylation is 1. The molecule has 0 saturated heterocycles. The molecule has 2 N–H and O–H groups in total. The summed E-state index contributed by atoms with van der Waals surface area (Å²) in [7, 11) is 0. The number of aromatic carboxylic acids is 1. The lowest BCUT2D eigenvalue weighted by Gasteiger charge is -2.15. The van der Waals surface area contributed by atoms with E-state index in [1.807, 2.05) is 13.8 Å². The number of hydrogen-bond acceptors (Lipinski definition) is 3. The molecule has 1 aromatic carbocycles. The van der Waals surface area contributed by atoms with Gasteiger partial charge in [0, 0.05) is 12.2 Å². The van der Waals surface area contributed by atoms with Gasteiger partial charge in [0.2, 0.25) is 0 Å². The van der Waals surface area contributed by atoms with Crippen molar-refractivity contribution in [2.24, 2.45) is 0 Å². The predicted molar refractivity (Wildman–Crippen MR) is 74.4 cm³/mol. The largest absolute Gasteiger partial charge is 0.478 e. The summed E-state index contributed by atoms with van der Waals surface area (Å²) in [5.74, 6) is -0.302. The van der Waals surface area contributed by atoms with Gasteiger partial charge in [-0.25, -0.2) is 9.78 Å². The van der Waals surface area contributed by atoms with Crippen molar-refractivity contribution in [1.82, 2.24) is 4.98 Å². The molecule has 1 atom stereocenters. The minimum Gasteiger partial charge on any atom is -0.478 e. The standard InChI is InChI=1S/C15H16N2O2/c1-10-3-5-12(6-4-10)11(2)17-14-8-7-13(9-16-14)15(18)19/h3-9,11H,1-2H3,(H,16,17)(H,18,19). The van der Waals surface area contributed by atoms with Crippen LogP contribution >= 0.6 is 0 Å². The first kappa shape index (κ1) is 13.1. The summed E-state index contributed by atoms with van der Waals surface area (Å²) < 4.78 is 0. The van der Waals surface area contributed by atoms with Gasteiger partial charge in [0.1, 0.15) is 5.82 Å². The lowest BCUT2D eigenvalue weighted by atomic mass is 10.1. The van der Waals surface area contributed by atoms with E-state index in [0.29, 0.717) is 5.82 Å². The van der Waals surface area contributed by atoms with Crippen molar-refractivity contribution in [3.8, 4) is 0 Å². The smallest absolute Gasteiger partial charge is 0.337 e. The van der Waals surface area contributed by atoms with E-state index >= 15 is 0 Å². The second-order valence-corrected chi connectivity index (χ2v) is 4.51. The van der Waals surface area contributed by atoms with Crippen LogP contribution in [0.4, 0.5) is 5.82 Å². The molecule has 0 aliphatic carbocycles. The van der Waals surface area contributed by atoms with Crippen LogP contribution in [0, 0.1) is 6.92 Å². The maximum atomic E-state index is 10.7. The number of nitrogens with zero attached hydrogens (tertiary/aromatic N) is 1. The number of anilines is 1. The van der Waals surface area contributed by atoms with Crippen LogP contribution in [0.2, 0.25) is 0 Å². The number of carboxylic acid groups (broad SMARTS) is 1. The molecule has 1 heterocycles. The second kappa shape index (κ2) is 5.52. The number of pyridine rings is 1. The van der Waals surface area contributed by atoms with E-state index < -0.39 is 5.97 Å². The van der Waals surface area contributed by atoms with Gasteiger partial charge in [-0.15, -0.1) is 0 Å². The maximum Gasteiger partial charge on any atom is 0.337 e. The molecule has 0 radical (unpaired) electrons. The molecule has 4 heteroatoms. The van der Waals surface area contributed by atoms with Gasteiger partial charge in [-0.1, -0.05) is 29.8 Å². The third kappa shape index (κ3) is 3.31. The Morgan fingerprint density at radius 1 is 1.21 bits per heavy atom. The molecule has 0 spiro atoms. The zero-order valence-electron chi connectivity index (χ0n) is 10.9. The van der Waals surface area contributed by atoms with Gasteiger partial charge in [-0.2, -0.15) is 0 Å². The van der Waals surface area contributed by atoms with Crippen LogP contribution in [0.15, 0.2) is 42.6 Å². The highest BCUT2D eigenvalue weighted by atomic mass is 16.4. The van der Waals surface area contributed by atoms with Crippen molar-refractivity contribution in [2.45, 2.75) is 19.9 Å².